The zero-order valence-corrected chi connectivity index (χ0v) is 8.97. The first kappa shape index (κ1) is 9.91. The van der Waals surface area contributed by atoms with Crippen molar-refractivity contribution in [1.29, 1.82) is 0 Å². The maximum atomic E-state index is 11.6. The van der Waals surface area contributed by atoms with Gasteiger partial charge in [-0.1, -0.05) is 12.5 Å². The molecular formula is C12H18O2. The Bertz CT molecular complexity index is 303. The molecule has 0 bridgehead atoms. The summed E-state index contributed by atoms with van der Waals surface area (Å²) in [4.78, 5) is 11.6. The van der Waals surface area contributed by atoms with E-state index in [9.17, 15) is 9.90 Å². The number of ketones is 1. The van der Waals surface area contributed by atoms with E-state index in [1.807, 2.05) is 6.92 Å². The molecule has 0 aliphatic heterocycles. The maximum absolute atomic E-state index is 11.6. The second-order valence-corrected chi connectivity index (χ2v) is 4.85. The summed E-state index contributed by atoms with van der Waals surface area (Å²) in [5.74, 6) is 0.284. The summed E-state index contributed by atoms with van der Waals surface area (Å²) in [6.07, 6.45) is 4.13. The Morgan fingerprint density at radius 1 is 1.43 bits per heavy atom. The first-order valence-corrected chi connectivity index (χ1v) is 5.47. The lowest BCUT2D eigenvalue weighted by molar-refractivity contribution is -0.117. The Kier molecular flexibility index (Phi) is 2.26. The van der Waals surface area contributed by atoms with Crippen molar-refractivity contribution in [3.8, 4) is 0 Å². The Morgan fingerprint density at radius 3 is 2.86 bits per heavy atom. The highest BCUT2D eigenvalue weighted by Gasteiger charge is 2.43. The molecular weight excluding hydrogens is 176 g/mol. The number of fused-ring (bicyclic) bond motifs is 1. The summed E-state index contributed by atoms with van der Waals surface area (Å²) < 4.78 is 0. The third kappa shape index (κ3) is 1.24. The van der Waals surface area contributed by atoms with Gasteiger partial charge in [-0.05, 0) is 38.2 Å². The third-order valence-corrected chi connectivity index (χ3v) is 4.07. The first-order chi connectivity index (χ1) is 6.55. The van der Waals surface area contributed by atoms with Crippen LogP contribution >= 0.6 is 0 Å². The smallest absolute Gasteiger partial charge is 0.158 e. The van der Waals surface area contributed by atoms with Crippen LogP contribution in [0, 0.1) is 5.41 Å². The average Bonchev–Trinajstić information content (AvgIpc) is 2.16. The predicted octanol–water partition coefficient (Wildman–Crippen LogP) is 2.22. The van der Waals surface area contributed by atoms with E-state index in [1.165, 1.54) is 5.57 Å². The van der Waals surface area contributed by atoms with E-state index in [-0.39, 0.29) is 17.3 Å². The van der Waals surface area contributed by atoms with Crippen LogP contribution in [0.3, 0.4) is 0 Å². The van der Waals surface area contributed by atoms with E-state index in [0.717, 1.165) is 31.3 Å². The molecule has 78 valence electrons. The molecule has 1 N–H and O–H groups in total. The Morgan fingerprint density at radius 2 is 2.14 bits per heavy atom. The standard InChI is InChI=1S/C12H18O2/c1-8-9-4-3-5-11(14)12(9,2)7-6-10(8)13/h11,14H,3-7H2,1-2H3/t11?,12-/m1/s1. The van der Waals surface area contributed by atoms with Crippen LogP contribution in [0.1, 0.15) is 46.0 Å². The average molecular weight is 194 g/mol. The molecule has 2 nitrogen and oxygen atoms in total. The Balaban J connectivity index is 2.45. The monoisotopic (exact) mass is 194 g/mol. The van der Waals surface area contributed by atoms with Crippen LogP contribution < -0.4 is 0 Å². The van der Waals surface area contributed by atoms with Gasteiger partial charge in [0.15, 0.2) is 5.78 Å². The van der Waals surface area contributed by atoms with Gasteiger partial charge in [0.25, 0.3) is 0 Å². The molecule has 1 unspecified atom stereocenters. The molecule has 2 heteroatoms. The van der Waals surface area contributed by atoms with Crippen LogP contribution in [0.4, 0.5) is 0 Å². The van der Waals surface area contributed by atoms with E-state index in [1.54, 1.807) is 0 Å². The van der Waals surface area contributed by atoms with Crippen molar-refractivity contribution < 1.29 is 9.90 Å². The summed E-state index contributed by atoms with van der Waals surface area (Å²) in [5.41, 5.74) is 2.06. The number of rotatable bonds is 0. The molecule has 14 heavy (non-hydrogen) atoms. The number of aliphatic hydroxyl groups is 1. The summed E-state index contributed by atoms with van der Waals surface area (Å²) in [7, 11) is 0. The topological polar surface area (TPSA) is 37.3 Å². The van der Waals surface area contributed by atoms with Gasteiger partial charge in [0.2, 0.25) is 0 Å². The Labute approximate surface area is 85.0 Å². The van der Waals surface area contributed by atoms with Crippen molar-refractivity contribution in [2.24, 2.45) is 5.41 Å². The lowest BCUT2D eigenvalue weighted by Gasteiger charge is -2.44. The molecule has 0 saturated heterocycles. The second-order valence-electron chi connectivity index (χ2n) is 4.85. The Hall–Kier alpha value is -0.630. The number of Topliss-reactive ketones (excluding diaryl/α,β-unsaturated/α-hetero) is 1. The summed E-state index contributed by atoms with van der Waals surface area (Å²) in [6.45, 7) is 4.04. The molecule has 1 saturated carbocycles. The van der Waals surface area contributed by atoms with E-state index >= 15 is 0 Å². The lowest BCUT2D eigenvalue weighted by atomic mass is 9.62. The quantitative estimate of drug-likeness (QED) is 0.642. The minimum atomic E-state index is -0.241. The van der Waals surface area contributed by atoms with E-state index < -0.39 is 0 Å². The molecule has 2 aliphatic rings. The van der Waals surface area contributed by atoms with Gasteiger partial charge >= 0.3 is 0 Å². The van der Waals surface area contributed by atoms with Crippen molar-refractivity contribution in [2.75, 3.05) is 0 Å². The highest BCUT2D eigenvalue weighted by atomic mass is 16.3. The van der Waals surface area contributed by atoms with Gasteiger partial charge in [-0.2, -0.15) is 0 Å². The van der Waals surface area contributed by atoms with E-state index in [2.05, 4.69) is 6.92 Å². The highest BCUT2D eigenvalue weighted by Crippen LogP contribution is 2.48. The van der Waals surface area contributed by atoms with Crippen molar-refractivity contribution in [1.82, 2.24) is 0 Å². The zero-order chi connectivity index (χ0) is 10.3. The fourth-order valence-electron chi connectivity index (χ4n) is 2.94. The van der Waals surface area contributed by atoms with Crippen molar-refractivity contribution in [3.63, 3.8) is 0 Å². The summed E-state index contributed by atoms with van der Waals surface area (Å²) in [6, 6.07) is 0. The second kappa shape index (κ2) is 3.20. The van der Waals surface area contributed by atoms with Gasteiger partial charge in [0.05, 0.1) is 6.10 Å². The summed E-state index contributed by atoms with van der Waals surface area (Å²) >= 11 is 0. The molecule has 0 spiro atoms. The van der Waals surface area contributed by atoms with Crippen LogP contribution in [0.15, 0.2) is 11.1 Å². The molecule has 0 heterocycles. The fourth-order valence-corrected chi connectivity index (χ4v) is 2.94. The normalized spacial score (nSPS) is 38.5. The first-order valence-electron chi connectivity index (χ1n) is 5.47. The molecule has 0 radical (unpaired) electrons. The number of hydrogen-bond donors (Lipinski definition) is 1. The number of carbonyl (C=O) groups excluding carboxylic acids is 1. The molecule has 0 aromatic heterocycles. The molecule has 0 aromatic carbocycles. The predicted molar refractivity (Wildman–Crippen MR) is 54.9 cm³/mol. The van der Waals surface area contributed by atoms with E-state index in [0.29, 0.717) is 6.42 Å². The highest BCUT2D eigenvalue weighted by molar-refractivity contribution is 5.96. The largest absolute Gasteiger partial charge is 0.392 e. The van der Waals surface area contributed by atoms with Gasteiger partial charge < -0.3 is 5.11 Å². The molecule has 1 fully saturated rings. The van der Waals surface area contributed by atoms with Crippen LogP contribution in [0.5, 0.6) is 0 Å². The van der Waals surface area contributed by atoms with Crippen LogP contribution in [0.2, 0.25) is 0 Å². The summed E-state index contributed by atoms with van der Waals surface area (Å²) in [5, 5.41) is 10.0. The van der Waals surface area contributed by atoms with Gasteiger partial charge in [-0.3, -0.25) is 4.79 Å². The fraction of sp³-hybridized carbons (Fsp3) is 0.750. The molecule has 2 aliphatic carbocycles. The van der Waals surface area contributed by atoms with Crippen molar-refractivity contribution in [2.45, 2.75) is 52.1 Å². The van der Waals surface area contributed by atoms with Crippen LogP contribution in [-0.4, -0.2) is 17.0 Å². The minimum absolute atomic E-state index is 0.101. The minimum Gasteiger partial charge on any atom is -0.392 e. The van der Waals surface area contributed by atoms with Crippen molar-refractivity contribution >= 4 is 5.78 Å². The number of allylic oxidation sites excluding steroid dienone is 1. The van der Waals surface area contributed by atoms with Crippen LogP contribution in [-0.2, 0) is 4.79 Å². The number of aliphatic hydroxyl groups excluding tert-OH is 1. The van der Waals surface area contributed by atoms with Crippen LogP contribution in [0.25, 0.3) is 0 Å². The van der Waals surface area contributed by atoms with Gasteiger partial charge in [0, 0.05) is 11.8 Å². The molecule has 2 atom stereocenters. The molecule has 0 aromatic rings. The van der Waals surface area contributed by atoms with Gasteiger partial charge in [-0.25, -0.2) is 0 Å². The van der Waals surface area contributed by atoms with Crippen molar-refractivity contribution in [3.05, 3.63) is 11.1 Å². The zero-order valence-electron chi connectivity index (χ0n) is 8.97. The SMILES string of the molecule is CC1=C2CCCC(O)[C@]2(C)CCC1=O. The number of hydrogen-bond acceptors (Lipinski definition) is 2. The number of carbonyl (C=O) groups is 1. The molecule has 0 amide bonds. The maximum Gasteiger partial charge on any atom is 0.158 e. The third-order valence-electron chi connectivity index (χ3n) is 4.07. The molecule has 2 rings (SSSR count). The lowest BCUT2D eigenvalue weighted by Crippen LogP contribution is -2.41. The van der Waals surface area contributed by atoms with Gasteiger partial charge in [-0.15, -0.1) is 0 Å². The van der Waals surface area contributed by atoms with E-state index in [4.69, 9.17) is 0 Å². The van der Waals surface area contributed by atoms with Gasteiger partial charge in [0.1, 0.15) is 0 Å².